The normalized spacial score (nSPS) is 14.1. The van der Waals surface area contributed by atoms with Crippen LogP contribution in [0.4, 0.5) is 0 Å². The van der Waals surface area contributed by atoms with Gasteiger partial charge in [0, 0.05) is 6.42 Å². The maximum Gasteiger partial charge on any atom is 0.323 e. The molecule has 0 saturated heterocycles. The zero-order valence-electron chi connectivity index (χ0n) is 23.0. The minimum atomic E-state index is -1.01. The summed E-state index contributed by atoms with van der Waals surface area (Å²) in [5, 5.41) is 0. The van der Waals surface area contributed by atoms with E-state index in [1.165, 1.54) is 12.1 Å². The Morgan fingerprint density at radius 2 is 1.43 bits per heavy atom. The largest absolute Gasteiger partial charge is 0.462 e. The number of benzene rings is 1. The van der Waals surface area contributed by atoms with E-state index >= 15 is 0 Å². The summed E-state index contributed by atoms with van der Waals surface area (Å²) in [6.45, 7) is 10.9. The third-order valence-electron chi connectivity index (χ3n) is 6.00. The van der Waals surface area contributed by atoms with E-state index < -0.39 is 30.1 Å². The van der Waals surface area contributed by atoms with Gasteiger partial charge in [0.1, 0.15) is 18.8 Å². The Morgan fingerprint density at radius 1 is 0.838 bits per heavy atom. The average Bonchev–Trinajstić information content (AvgIpc) is 2.87. The molecule has 0 heterocycles. The highest BCUT2D eigenvalue weighted by atomic mass is 16.6. The molecule has 0 aromatic heterocycles. The second kappa shape index (κ2) is 16.7. The molecule has 0 radical (unpaired) electrons. The lowest BCUT2D eigenvalue weighted by atomic mass is 10.1. The number of carbonyl (C=O) groups is 4. The van der Waals surface area contributed by atoms with Crippen LogP contribution in [0.3, 0.4) is 0 Å². The highest BCUT2D eigenvalue weighted by Crippen LogP contribution is 2.31. The standard InChI is InChI=1S/C28H43NO8/c1-7-10-11-12-25(30)34-17-20(6)35-28(33)22(29)15-21-13-14-23(36-26(31)18(4)8-2)24(16-21)37-27(32)19(5)9-3/h13-14,16,18-20,22H,7-12,15,17,29H2,1-6H3/t18?,19?,20-,22-/m0/s1. The minimum Gasteiger partial charge on any atom is -0.462 e. The molecule has 0 bridgehead atoms. The van der Waals surface area contributed by atoms with Crippen LogP contribution in [0, 0.1) is 11.8 Å². The van der Waals surface area contributed by atoms with Crippen molar-refractivity contribution in [2.45, 2.75) is 98.6 Å². The molecule has 1 rings (SSSR count). The maximum absolute atomic E-state index is 12.5. The van der Waals surface area contributed by atoms with E-state index in [0.717, 1.165) is 19.3 Å². The zero-order chi connectivity index (χ0) is 28.0. The van der Waals surface area contributed by atoms with Gasteiger partial charge in [-0.2, -0.15) is 0 Å². The molecule has 2 unspecified atom stereocenters. The van der Waals surface area contributed by atoms with E-state index in [4.69, 9.17) is 24.7 Å². The summed E-state index contributed by atoms with van der Waals surface area (Å²) in [7, 11) is 0. The van der Waals surface area contributed by atoms with Gasteiger partial charge < -0.3 is 24.7 Å². The lowest BCUT2D eigenvalue weighted by molar-refractivity contribution is -0.159. The summed E-state index contributed by atoms with van der Waals surface area (Å²) in [4.78, 5) is 49.0. The summed E-state index contributed by atoms with van der Waals surface area (Å²) in [6.07, 6.45) is 3.69. The minimum absolute atomic E-state index is 0.0463. The molecule has 1 aromatic rings. The van der Waals surface area contributed by atoms with Crippen LogP contribution in [0.2, 0.25) is 0 Å². The van der Waals surface area contributed by atoms with Crippen LogP contribution < -0.4 is 15.2 Å². The van der Waals surface area contributed by atoms with Crippen molar-refractivity contribution in [3.63, 3.8) is 0 Å². The smallest absolute Gasteiger partial charge is 0.323 e. The lowest BCUT2D eigenvalue weighted by Gasteiger charge is -2.18. The van der Waals surface area contributed by atoms with Crippen LogP contribution >= 0.6 is 0 Å². The molecule has 0 aliphatic rings. The molecule has 0 aliphatic carbocycles. The van der Waals surface area contributed by atoms with Crippen LogP contribution in [0.5, 0.6) is 11.5 Å². The third-order valence-corrected chi connectivity index (χ3v) is 6.00. The molecule has 2 N–H and O–H groups in total. The van der Waals surface area contributed by atoms with Gasteiger partial charge in [0.25, 0.3) is 0 Å². The molecule has 9 heteroatoms. The van der Waals surface area contributed by atoms with Crippen molar-refractivity contribution in [3.05, 3.63) is 23.8 Å². The van der Waals surface area contributed by atoms with Crippen molar-refractivity contribution >= 4 is 23.9 Å². The van der Waals surface area contributed by atoms with Gasteiger partial charge in [-0.05, 0) is 50.3 Å². The first-order chi connectivity index (χ1) is 17.5. The van der Waals surface area contributed by atoms with Gasteiger partial charge in [0.2, 0.25) is 0 Å². The lowest BCUT2D eigenvalue weighted by Crippen LogP contribution is -2.37. The Kier molecular flexibility index (Phi) is 14.5. The molecule has 4 atom stereocenters. The van der Waals surface area contributed by atoms with E-state index in [1.807, 2.05) is 20.8 Å². The molecular formula is C28H43NO8. The second-order valence-corrected chi connectivity index (χ2v) is 9.44. The van der Waals surface area contributed by atoms with Gasteiger partial charge in [-0.3, -0.25) is 19.2 Å². The molecule has 1 aromatic carbocycles. The van der Waals surface area contributed by atoms with Crippen molar-refractivity contribution < 1.29 is 38.1 Å². The van der Waals surface area contributed by atoms with Crippen molar-refractivity contribution in [2.75, 3.05) is 6.61 Å². The Balaban J connectivity index is 2.83. The quantitative estimate of drug-likeness (QED) is 0.189. The van der Waals surface area contributed by atoms with E-state index in [2.05, 4.69) is 0 Å². The van der Waals surface area contributed by atoms with Gasteiger partial charge in [0.15, 0.2) is 11.5 Å². The molecule has 37 heavy (non-hydrogen) atoms. The predicted molar refractivity (Wildman–Crippen MR) is 139 cm³/mol. The van der Waals surface area contributed by atoms with Gasteiger partial charge >= 0.3 is 23.9 Å². The number of unbranched alkanes of at least 4 members (excludes halogenated alkanes) is 2. The number of hydrogen-bond donors (Lipinski definition) is 1. The first kappa shape index (κ1) is 32.1. The van der Waals surface area contributed by atoms with E-state index in [0.29, 0.717) is 24.8 Å². The maximum atomic E-state index is 12.5. The number of nitrogens with two attached hydrogens (primary N) is 1. The fourth-order valence-corrected chi connectivity index (χ4v) is 3.05. The Bertz CT molecular complexity index is 900. The van der Waals surface area contributed by atoms with Crippen LogP contribution in [-0.4, -0.2) is 42.6 Å². The molecule has 0 amide bonds. The fourth-order valence-electron chi connectivity index (χ4n) is 3.05. The fraction of sp³-hybridized carbons (Fsp3) is 0.643. The van der Waals surface area contributed by atoms with Gasteiger partial charge in [-0.15, -0.1) is 0 Å². The van der Waals surface area contributed by atoms with Crippen LogP contribution in [0.15, 0.2) is 18.2 Å². The summed E-state index contributed by atoms with van der Waals surface area (Å²) < 4.78 is 21.5. The molecule has 0 fully saturated rings. The Hall–Kier alpha value is -2.94. The summed E-state index contributed by atoms with van der Waals surface area (Å²) in [5.74, 6) is -2.33. The predicted octanol–water partition coefficient (Wildman–Crippen LogP) is 4.51. The molecular weight excluding hydrogens is 478 g/mol. The first-order valence-corrected chi connectivity index (χ1v) is 13.2. The van der Waals surface area contributed by atoms with E-state index in [1.54, 1.807) is 26.8 Å². The topological polar surface area (TPSA) is 131 Å². The van der Waals surface area contributed by atoms with Crippen LogP contribution in [0.1, 0.15) is 85.6 Å². The third kappa shape index (κ3) is 11.8. The van der Waals surface area contributed by atoms with Crippen molar-refractivity contribution in [3.8, 4) is 11.5 Å². The highest BCUT2D eigenvalue weighted by molar-refractivity contribution is 5.79. The number of rotatable bonds is 16. The Labute approximate surface area is 220 Å². The Morgan fingerprint density at radius 3 is 2.00 bits per heavy atom. The van der Waals surface area contributed by atoms with Crippen molar-refractivity contribution in [1.29, 1.82) is 0 Å². The molecule has 0 aliphatic heterocycles. The van der Waals surface area contributed by atoms with Gasteiger partial charge in [-0.25, -0.2) is 0 Å². The summed E-state index contributed by atoms with van der Waals surface area (Å²) >= 11 is 0. The number of hydrogen-bond acceptors (Lipinski definition) is 9. The number of carbonyl (C=O) groups excluding carboxylic acids is 4. The summed E-state index contributed by atoms with van der Waals surface area (Å²) in [5.41, 5.74) is 6.65. The zero-order valence-corrected chi connectivity index (χ0v) is 23.0. The monoisotopic (exact) mass is 521 g/mol. The van der Waals surface area contributed by atoms with Gasteiger partial charge in [0.05, 0.1) is 11.8 Å². The number of esters is 4. The molecule has 208 valence electrons. The van der Waals surface area contributed by atoms with Gasteiger partial charge in [-0.1, -0.05) is 53.5 Å². The second-order valence-electron chi connectivity index (χ2n) is 9.44. The SMILES string of the molecule is CCCCCC(=O)OC[C@H](C)OC(=O)[C@@H](N)Cc1ccc(OC(=O)C(C)CC)c(OC(=O)C(C)CC)c1. The van der Waals surface area contributed by atoms with Crippen molar-refractivity contribution in [2.24, 2.45) is 17.6 Å². The van der Waals surface area contributed by atoms with E-state index in [-0.39, 0.29) is 42.3 Å². The number of ether oxygens (including phenoxy) is 4. The first-order valence-electron chi connectivity index (χ1n) is 13.2. The van der Waals surface area contributed by atoms with Crippen molar-refractivity contribution in [1.82, 2.24) is 0 Å². The summed E-state index contributed by atoms with van der Waals surface area (Å²) in [6, 6.07) is 3.70. The van der Waals surface area contributed by atoms with Crippen LogP contribution in [0.25, 0.3) is 0 Å². The molecule has 9 nitrogen and oxygen atoms in total. The highest BCUT2D eigenvalue weighted by Gasteiger charge is 2.23. The average molecular weight is 522 g/mol. The molecule has 0 saturated carbocycles. The van der Waals surface area contributed by atoms with E-state index in [9.17, 15) is 19.2 Å². The van der Waals surface area contributed by atoms with Crippen LogP contribution in [-0.2, 0) is 35.1 Å². The molecule has 0 spiro atoms.